The third-order valence-corrected chi connectivity index (χ3v) is 7.41. The quantitative estimate of drug-likeness (QED) is 0.711. The number of carbonyl (C=O) groups is 1. The molecule has 2 saturated heterocycles. The summed E-state index contributed by atoms with van der Waals surface area (Å²) < 4.78 is 13.1. The lowest BCUT2D eigenvalue weighted by atomic mass is 9.70. The summed E-state index contributed by atoms with van der Waals surface area (Å²) in [5, 5.41) is 10.2. The van der Waals surface area contributed by atoms with Gasteiger partial charge in [-0.1, -0.05) is 29.8 Å². The summed E-state index contributed by atoms with van der Waals surface area (Å²) in [6, 6.07) is 13.1. The Bertz CT molecular complexity index is 1010. The van der Waals surface area contributed by atoms with Crippen molar-refractivity contribution in [3.63, 3.8) is 0 Å². The van der Waals surface area contributed by atoms with Gasteiger partial charge in [-0.3, -0.25) is 4.90 Å². The normalized spacial score (nSPS) is 29.3. The molecule has 1 N–H and O–H groups in total. The fraction of sp³-hybridized carbons (Fsp3) is 0.480. The van der Waals surface area contributed by atoms with Crippen LogP contribution in [0.4, 0.5) is 0 Å². The molecule has 5 nitrogen and oxygen atoms in total. The van der Waals surface area contributed by atoms with Gasteiger partial charge in [0.05, 0.1) is 17.8 Å². The highest BCUT2D eigenvalue weighted by atomic mass is 35.5. The van der Waals surface area contributed by atoms with Gasteiger partial charge < -0.3 is 14.6 Å². The van der Waals surface area contributed by atoms with Gasteiger partial charge in [-0.2, -0.15) is 0 Å². The first kappa shape index (κ1) is 20.8. The predicted octanol–water partition coefficient (Wildman–Crippen LogP) is 5.18. The maximum Gasteiger partial charge on any atom is 0.336 e. The first-order valence-corrected chi connectivity index (χ1v) is 11.4. The number of benzene rings is 2. The van der Waals surface area contributed by atoms with Crippen molar-refractivity contribution in [2.75, 3.05) is 13.1 Å². The SMILES string of the molecule is CC1(C)Oc2ccc(Cl)cc2[C@H]2O[C@H]3CCN(Cc4ccccc4C(=O)O)C[C@@H]3C[C@@H]21. The number of ether oxygens (including phenoxy) is 2. The number of hydrogen-bond acceptors (Lipinski definition) is 4. The van der Waals surface area contributed by atoms with Crippen LogP contribution in [0.3, 0.4) is 0 Å². The molecule has 0 saturated carbocycles. The Morgan fingerprint density at radius 2 is 2.06 bits per heavy atom. The zero-order valence-electron chi connectivity index (χ0n) is 17.9. The molecule has 0 aromatic heterocycles. The molecule has 0 amide bonds. The van der Waals surface area contributed by atoms with Crippen LogP contribution in [0.5, 0.6) is 5.75 Å². The molecule has 4 atom stereocenters. The first-order chi connectivity index (χ1) is 14.8. The lowest BCUT2D eigenvalue weighted by Crippen LogP contribution is -2.55. The van der Waals surface area contributed by atoms with E-state index >= 15 is 0 Å². The van der Waals surface area contributed by atoms with Gasteiger partial charge >= 0.3 is 5.97 Å². The molecule has 31 heavy (non-hydrogen) atoms. The topological polar surface area (TPSA) is 59.0 Å². The van der Waals surface area contributed by atoms with E-state index in [1.807, 2.05) is 30.3 Å². The Morgan fingerprint density at radius 3 is 2.87 bits per heavy atom. The van der Waals surface area contributed by atoms with Gasteiger partial charge in [-0.05, 0) is 62.4 Å². The van der Waals surface area contributed by atoms with Crippen molar-refractivity contribution in [3.05, 3.63) is 64.2 Å². The molecule has 3 heterocycles. The highest BCUT2D eigenvalue weighted by Gasteiger charge is 2.51. The summed E-state index contributed by atoms with van der Waals surface area (Å²) in [5.74, 6) is 0.645. The zero-order valence-corrected chi connectivity index (χ0v) is 18.6. The van der Waals surface area contributed by atoms with E-state index in [0.29, 0.717) is 23.0 Å². The average Bonchev–Trinajstić information content (AvgIpc) is 2.73. The highest BCUT2D eigenvalue weighted by molar-refractivity contribution is 6.30. The van der Waals surface area contributed by atoms with E-state index in [-0.39, 0.29) is 23.7 Å². The number of likely N-dealkylation sites (tertiary alicyclic amines) is 1. The molecule has 0 spiro atoms. The molecule has 2 fully saturated rings. The van der Waals surface area contributed by atoms with Crippen LogP contribution in [0.1, 0.15) is 54.3 Å². The van der Waals surface area contributed by atoms with Crippen LogP contribution in [0.2, 0.25) is 5.02 Å². The van der Waals surface area contributed by atoms with E-state index in [9.17, 15) is 9.90 Å². The van der Waals surface area contributed by atoms with Gasteiger partial charge in [0.2, 0.25) is 0 Å². The van der Waals surface area contributed by atoms with E-state index in [1.54, 1.807) is 12.1 Å². The van der Waals surface area contributed by atoms with E-state index < -0.39 is 5.97 Å². The lowest BCUT2D eigenvalue weighted by molar-refractivity contribution is -0.187. The first-order valence-electron chi connectivity index (χ1n) is 11.0. The lowest BCUT2D eigenvalue weighted by Gasteiger charge is -2.53. The van der Waals surface area contributed by atoms with Gasteiger partial charge in [0.15, 0.2) is 0 Å². The molecular weight excluding hydrogens is 414 g/mol. The Labute approximate surface area is 187 Å². The Kier molecular flexibility index (Phi) is 5.24. The smallest absolute Gasteiger partial charge is 0.336 e. The molecule has 164 valence electrons. The fourth-order valence-corrected chi connectivity index (χ4v) is 5.79. The second kappa shape index (κ2) is 7.80. The van der Waals surface area contributed by atoms with Crippen LogP contribution >= 0.6 is 11.6 Å². The molecule has 0 radical (unpaired) electrons. The van der Waals surface area contributed by atoms with Gasteiger partial charge in [-0.25, -0.2) is 4.79 Å². The van der Waals surface area contributed by atoms with Crippen molar-refractivity contribution in [2.45, 2.75) is 51.0 Å². The van der Waals surface area contributed by atoms with E-state index in [2.05, 4.69) is 18.7 Å². The van der Waals surface area contributed by atoms with Gasteiger partial charge in [0, 0.05) is 36.1 Å². The van der Waals surface area contributed by atoms with Crippen molar-refractivity contribution in [1.29, 1.82) is 0 Å². The number of rotatable bonds is 3. The van der Waals surface area contributed by atoms with Crippen LogP contribution in [0.15, 0.2) is 42.5 Å². The molecule has 3 aliphatic rings. The minimum absolute atomic E-state index is 0.00186. The van der Waals surface area contributed by atoms with E-state index in [0.717, 1.165) is 42.8 Å². The number of hydrogen-bond donors (Lipinski definition) is 1. The van der Waals surface area contributed by atoms with Crippen molar-refractivity contribution >= 4 is 17.6 Å². The van der Waals surface area contributed by atoms with Gasteiger partial charge in [0.25, 0.3) is 0 Å². The predicted molar refractivity (Wildman–Crippen MR) is 119 cm³/mol. The maximum absolute atomic E-state index is 11.6. The number of nitrogens with zero attached hydrogens (tertiary/aromatic N) is 1. The summed E-state index contributed by atoms with van der Waals surface area (Å²) in [4.78, 5) is 14.0. The van der Waals surface area contributed by atoms with E-state index in [1.165, 1.54) is 0 Å². The number of carboxylic acid groups (broad SMARTS) is 1. The van der Waals surface area contributed by atoms with Crippen molar-refractivity contribution in [1.82, 2.24) is 4.90 Å². The number of carboxylic acids is 1. The number of halogens is 1. The second-order valence-corrected chi connectivity index (χ2v) is 10.0. The molecule has 6 heteroatoms. The summed E-state index contributed by atoms with van der Waals surface area (Å²) >= 11 is 6.29. The highest BCUT2D eigenvalue weighted by Crippen LogP contribution is 2.53. The van der Waals surface area contributed by atoms with Crippen LogP contribution in [0, 0.1) is 11.8 Å². The third kappa shape index (κ3) is 3.84. The van der Waals surface area contributed by atoms with Crippen molar-refractivity contribution in [3.8, 4) is 5.75 Å². The second-order valence-electron chi connectivity index (χ2n) is 9.57. The van der Waals surface area contributed by atoms with Crippen LogP contribution in [-0.4, -0.2) is 40.8 Å². The largest absolute Gasteiger partial charge is 0.487 e. The number of fused-ring (bicyclic) bond motifs is 4. The molecule has 2 aromatic rings. The standard InChI is InChI=1S/C25H28ClNO4/c1-25(2)20-11-16-14-27(13-15-5-3-4-6-18(15)24(28)29)10-9-21(16)30-23(20)19-12-17(26)7-8-22(19)31-25/h3-8,12,16,20-21,23H,9-11,13-14H2,1-2H3,(H,28,29)/t16-,20-,21-,23+/m0/s1. The fourth-order valence-electron chi connectivity index (χ4n) is 5.61. The molecular formula is C25H28ClNO4. The zero-order chi connectivity index (χ0) is 21.8. The Morgan fingerprint density at radius 1 is 1.26 bits per heavy atom. The molecule has 5 rings (SSSR count). The van der Waals surface area contributed by atoms with Crippen molar-refractivity contribution < 1.29 is 19.4 Å². The van der Waals surface area contributed by atoms with Crippen LogP contribution in [0.25, 0.3) is 0 Å². The Balaban J connectivity index is 1.35. The molecule has 3 aliphatic heterocycles. The molecule has 2 aromatic carbocycles. The minimum Gasteiger partial charge on any atom is -0.487 e. The Hall–Kier alpha value is -2.08. The maximum atomic E-state index is 11.6. The van der Waals surface area contributed by atoms with Crippen LogP contribution < -0.4 is 4.74 Å². The molecule has 0 aliphatic carbocycles. The molecule has 0 bridgehead atoms. The number of piperidine rings is 1. The van der Waals surface area contributed by atoms with Gasteiger partial charge in [0.1, 0.15) is 11.4 Å². The minimum atomic E-state index is -0.868. The summed E-state index contributed by atoms with van der Waals surface area (Å²) in [5.41, 5.74) is 2.00. The summed E-state index contributed by atoms with van der Waals surface area (Å²) in [6.07, 6.45) is 2.16. The van der Waals surface area contributed by atoms with E-state index in [4.69, 9.17) is 21.1 Å². The summed E-state index contributed by atoms with van der Waals surface area (Å²) in [6.45, 7) is 6.75. The third-order valence-electron chi connectivity index (χ3n) is 7.18. The summed E-state index contributed by atoms with van der Waals surface area (Å²) in [7, 11) is 0. The van der Waals surface area contributed by atoms with Gasteiger partial charge in [-0.15, -0.1) is 0 Å². The van der Waals surface area contributed by atoms with Crippen molar-refractivity contribution in [2.24, 2.45) is 11.8 Å². The van der Waals surface area contributed by atoms with Crippen LogP contribution in [-0.2, 0) is 11.3 Å². The average molecular weight is 442 g/mol. The monoisotopic (exact) mass is 441 g/mol. The number of aromatic carboxylic acids is 1. The molecule has 0 unspecified atom stereocenters.